The number of quaternary nitrogens is 1. The van der Waals surface area contributed by atoms with Crippen LogP contribution in [-0.4, -0.2) is 18.7 Å². The van der Waals surface area contributed by atoms with Crippen molar-refractivity contribution < 1.29 is 4.65 Å². The van der Waals surface area contributed by atoms with Gasteiger partial charge in [0, 0.05) is 5.56 Å². The van der Waals surface area contributed by atoms with Crippen molar-refractivity contribution in [1.82, 2.24) is 0 Å². The molecule has 0 heterocycles. The van der Waals surface area contributed by atoms with E-state index in [1.807, 2.05) is 31.2 Å². The molecule has 0 fully saturated rings. The predicted octanol–water partition coefficient (Wildman–Crippen LogP) is 2.07. The Morgan fingerprint density at radius 2 is 1.83 bits per heavy atom. The highest BCUT2D eigenvalue weighted by atomic mass is 16.5. The van der Waals surface area contributed by atoms with Crippen molar-refractivity contribution in [3.05, 3.63) is 40.6 Å². The average Bonchev–Trinajstić information content (AvgIpc) is 1.91. The number of rotatable bonds is 2. The van der Waals surface area contributed by atoms with Gasteiger partial charge in [0.1, 0.15) is 6.54 Å². The fraction of sp³-hybridized carbons (Fsp3) is 0.400. The van der Waals surface area contributed by atoms with E-state index in [-0.39, 0.29) is 4.65 Å². The van der Waals surface area contributed by atoms with Gasteiger partial charge in [-0.15, -0.1) is 0 Å². The molecule has 0 spiro atoms. The van der Waals surface area contributed by atoms with E-state index in [2.05, 4.69) is 0 Å². The third kappa shape index (κ3) is 2.64. The Hall–Kier alpha value is -0.860. The van der Waals surface area contributed by atoms with Gasteiger partial charge in [-0.2, -0.15) is 0 Å². The average molecular weight is 165 g/mol. The third-order valence-electron chi connectivity index (χ3n) is 1.81. The molecule has 1 aromatic carbocycles. The Kier molecular flexibility index (Phi) is 2.50. The zero-order chi connectivity index (χ0) is 9.19. The quantitative estimate of drug-likeness (QED) is 0.486. The molecule has 0 aliphatic carbocycles. The molecule has 1 rings (SSSR count). The summed E-state index contributed by atoms with van der Waals surface area (Å²) in [7, 11) is 3.32. The van der Waals surface area contributed by atoms with Crippen LogP contribution in [-0.2, 0) is 6.54 Å². The lowest BCUT2D eigenvalue weighted by Crippen LogP contribution is -2.31. The van der Waals surface area contributed by atoms with E-state index in [1.54, 1.807) is 14.1 Å². The molecule has 0 saturated heterocycles. The van der Waals surface area contributed by atoms with E-state index in [4.69, 9.17) is 0 Å². The highest BCUT2D eigenvalue weighted by molar-refractivity contribution is 5.24. The van der Waals surface area contributed by atoms with Crippen LogP contribution in [0, 0.1) is 12.1 Å². The number of benzene rings is 1. The topological polar surface area (TPSA) is 23.1 Å². The first-order chi connectivity index (χ1) is 5.49. The van der Waals surface area contributed by atoms with Crippen LogP contribution in [0.2, 0.25) is 0 Å². The summed E-state index contributed by atoms with van der Waals surface area (Å²) in [6.45, 7) is 2.58. The maximum absolute atomic E-state index is 11.4. The minimum Gasteiger partial charge on any atom is -0.633 e. The molecule has 66 valence electrons. The fourth-order valence-electron chi connectivity index (χ4n) is 1.20. The van der Waals surface area contributed by atoms with Gasteiger partial charge in [0.2, 0.25) is 0 Å². The molecule has 0 unspecified atom stereocenters. The smallest absolute Gasteiger partial charge is 0.104 e. The first-order valence-electron chi connectivity index (χ1n) is 4.07. The summed E-state index contributed by atoms with van der Waals surface area (Å²) in [5, 5.41) is 11.4. The maximum atomic E-state index is 11.4. The first-order valence-corrected chi connectivity index (χ1v) is 4.07. The Balaban J connectivity index is 2.83. The van der Waals surface area contributed by atoms with E-state index in [0.29, 0.717) is 6.54 Å². The lowest BCUT2D eigenvalue weighted by atomic mass is 10.1. The second kappa shape index (κ2) is 3.25. The lowest BCUT2D eigenvalue weighted by Gasteiger charge is -2.34. The second-order valence-electron chi connectivity index (χ2n) is 3.66. The molecule has 0 saturated carbocycles. The van der Waals surface area contributed by atoms with E-state index in [1.165, 1.54) is 5.56 Å². The second-order valence-corrected chi connectivity index (χ2v) is 3.66. The molecule has 12 heavy (non-hydrogen) atoms. The van der Waals surface area contributed by atoms with Crippen LogP contribution in [0.3, 0.4) is 0 Å². The minimum atomic E-state index is -0.259. The molecule has 1 aromatic rings. The van der Waals surface area contributed by atoms with E-state index < -0.39 is 0 Å². The fourth-order valence-corrected chi connectivity index (χ4v) is 1.20. The van der Waals surface area contributed by atoms with E-state index in [9.17, 15) is 5.21 Å². The van der Waals surface area contributed by atoms with Crippen LogP contribution in [0.15, 0.2) is 24.3 Å². The molecule has 2 heteroatoms. The molecule has 0 aromatic heterocycles. The third-order valence-corrected chi connectivity index (χ3v) is 1.81. The highest BCUT2D eigenvalue weighted by Crippen LogP contribution is 2.11. The Morgan fingerprint density at radius 1 is 1.25 bits per heavy atom. The molecule has 0 amide bonds. The van der Waals surface area contributed by atoms with Crippen LogP contribution in [0.1, 0.15) is 11.1 Å². The number of hydroxylamine groups is 3. The predicted molar refractivity (Wildman–Crippen MR) is 50.4 cm³/mol. The van der Waals surface area contributed by atoms with Crippen molar-refractivity contribution in [1.29, 1.82) is 0 Å². The molecule has 0 bridgehead atoms. The van der Waals surface area contributed by atoms with Gasteiger partial charge in [-0.3, -0.25) is 0 Å². The minimum absolute atomic E-state index is 0.259. The summed E-state index contributed by atoms with van der Waals surface area (Å²) in [4.78, 5) is 0. The summed E-state index contributed by atoms with van der Waals surface area (Å²) in [6, 6.07) is 8.00. The van der Waals surface area contributed by atoms with Gasteiger partial charge in [0.05, 0.1) is 14.1 Å². The highest BCUT2D eigenvalue weighted by Gasteiger charge is 2.05. The number of nitrogens with zero attached hydrogens (tertiary/aromatic N) is 1. The van der Waals surface area contributed by atoms with Crippen molar-refractivity contribution in [3.63, 3.8) is 0 Å². The standard InChI is InChI=1S/C10H15NO/c1-9-6-4-5-7-10(9)8-11(2,3)12/h4-7H,8H2,1-3H3. The molecule has 0 atom stereocenters. The summed E-state index contributed by atoms with van der Waals surface area (Å²) < 4.78 is -0.259. The van der Waals surface area contributed by atoms with Crippen LogP contribution in [0.4, 0.5) is 0 Å². The monoisotopic (exact) mass is 165 g/mol. The summed E-state index contributed by atoms with van der Waals surface area (Å²) >= 11 is 0. The summed E-state index contributed by atoms with van der Waals surface area (Å²) in [6.07, 6.45) is 0. The molecule has 0 aliphatic heterocycles. The first kappa shape index (κ1) is 9.23. The van der Waals surface area contributed by atoms with Gasteiger partial charge >= 0.3 is 0 Å². The Morgan fingerprint density at radius 3 is 2.33 bits per heavy atom. The SMILES string of the molecule is Cc1ccccc1C[N+](C)(C)[O-]. The van der Waals surface area contributed by atoms with Crippen molar-refractivity contribution in [3.8, 4) is 0 Å². The zero-order valence-electron chi connectivity index (χ0n) is 7.87. The number of hydrogen-bond acceptors (Lipinski definition) is 1. The lowest BCUT2D eigenvalue weighted by molar-refractivity contribution is -0.853. The van der Waals surface area contributed by atoms with Crippen molar-refractivity contribution in [2.24, 2.45) is 0 Å². The maximum Gasteiger partial charge on any atom is 0.104 e. The Labute approximate surface area is 73.6 Å². The van der Waals surface area contributed by atoms with Crippen LogP contribution < -0.4 is 0 Å². The molecule has 2 nitrogen and oxygen atoms in total. The molecular formula is C10H15NO. The number of aryl methyl sites for hydroxylation is 1. The van der Waals surface area contributed by atoms with Gasteiger partial charge in [0.25, 0.3) is 0 Å². The van der Waals surface area contributed by atoms with Gasteiger partial charge in [-0.1, -0.05) is 24.3 Å². The van der Waals surface area contributed by atoms with E-state index >= 15 is 0 Å². The van der Waals surface area contributed by atoms with Gasteiger partial charge in [-0.25, -0.2) is 0 Å². The summed E-state index contributed by atoms with van der Waals surface area (Å²) in [5.41, 5.74) is 2.33. The molecular weight excluding hydrogens is 150 g/mol. The van der Waals surface area contributed by atoms with Crippen LogP contribution in [0.5, 0.6) is 0 Å². The molecule has 0 N–H and O–H groups in total. The van der Waals surface area contributed by atoms with E-state index in [0.717, 1.165) is 5.56 Å². The van der Waals surface area contributed by atoms with Crippen molar-refractivity contribution >= 4 is 0 Å². The van der Waals surface area contributed by atoms with Crippen LogP contribution >= 0.6 is 0 Å². The normalized spacial score (nSPS) is 11.7. The Bertz CT molecular complexity index is 263. The van der Waals surface area contributed by atoms with Crippen LogP contribution in [0.25, 0.3) is 0 Å². The zero-order valence-corrected chi connectivity index (χ0v) is 7.87. The van der Waals surface area contributed by atoms with Crippen molar-refractivity contribution in [2.75, 3.05) is 14.1 Å². The van der Waals surface area contributed by atoms with Crippen molar-refractivity contribution in [2.45, 2.75) is 13.5 Å². The number of hydrogen-bond donors (Lipinski definition) is 0. The molecule has 0 aliphatic rings. The molecule has 0 radical (unpaired) electrons. The largest absolute Gasteiger partial charge is 0.633 e. The summed E-state index contributed by atoms with van der Waals surface area (Å²) in [5.74, 6) is 0. The van der Waals surface area contributed by atoms with Gasteiger partial charge in [0.15, 0.2) is 0 Å². The van der Waals surface area contributed by atoms with Gasteiger partial charge in [-0.05, 0) is 12.5 Å². The van der Waals surface area contributed by atoms with Gasteiger partial charge < -0.3 is 9.85 Å².